The first-order chi connectivity index (χ1) is 7.06. The summed E-state index contributed by atoms with van der Waals surface area (Å²) in [4.78, 5) is 0.435. The van der Waals surface area contributed by atoms with Gasteiger partial charge in [0.15, 0.2) is 0 Å². The van der Waals surface area contributed by atoms with Gasteiger partial charge in [0.2, 0.25) is 0 Å². The molecule has 0 heterocycles. The Morgan fingerprint density at radius 1 is 1.40 bits per heavy atom. The molecule has 1 aromatic rings. The minimum Gasteiger partial charge on any atom is -0.207 e. The van der Waals surface area contributed by atoms with Crippen molar-refractivity contribution in [3.05, 3.63) is 35.1 Å². The molecule has 2 atom stereocenters. The largest absolute Gasteiger partial charge is 0.207 e. The van der Waals surface area contributed by atoms with E-state index in [1.54, 1.807) is 13.0 Å². The third-order valence-corrected chi connectivity index (χ3v) is 4.08. The van der Waals surface area contributed by atoms with Crippen molar-refractivity contribution in [1.29, 1.82) is 0 Å². The first kappa shape index (κ1) is 12.7. The predicted molar refractivity (Wildman–Crippen MR) is 67.2 cm³/mol. The number of halogens is 2. The normalized spacial score (nSPS) is 15.0. The van der Waals surface area contributed by atoms with Crippen LogP contribution in [-0.4, -0.2) is 4.83 Å². The van der Waals surface area contributed by atoms with Crippen LogP contribution >= 0.6 is 15.9 Å². The van der Waals surface area contributed by atoms with E-state index in [2.05, 4.69) is 29.8 Å². The summed E-state index contributed by atoms with van der Waals surface area (Å²) >= 11 is 3.66. The number of hydrogen-bond acceptors (Lipinski definition) is 0. The van der Waals surface area contributed by atoms with Gasteiger partial charge in [0, 0.05) is 4.83 Å². The smallest absolute Gasteiger partial charge is 0.126 e. The third kappa shape index (κ3) is 3.30. The summed E-state index contributed by atoms with van der Waals surface area (Å²) in [6.45, 7) is 6.09. The van der Waals surface area contributed by atoms with Crippen LogP contribution in [0, 0.1) is 12.7 Å². The first-order valence-corrected chi connectivity index (χ1v) is 6.38. The van der Waals surface area contributed by atoms with Crippen molar-refractivity contribution in [2.24, 2.45) is 0 Å². The van der Waals surface area contributed by atoms with Gasteiger partial charge in [0.1, 0.15) is 5.82 Å². The van der Waals surface area contributed by atoms with E-state index < -0.39 is 0 Å². The molecule has 0 fully saturated rings. The summed E-state index contributed by atoms with van der Waals surface area (Å²) < 4.78 is 13.4. The Kier molecular flexibility index (Phi) is 4.78. The van der Waals surface area contributed by atoms with E-state index in [4.69, 9.17) is 0 Å². The second-order valence-corrected chi connectivity index (χ2v) is 5.28. The summed E-state index contributed by atoms with van der Waals surface area (Å²) in [7, 11) is 0. The zero-order valence-corrected chi connectivity index (χ0v) is 11.1. The first-order valence-electron chi connectivity index (χ1n) is 5.46. The van der Waals surface area contributed by atoms with Crippen LogP contribution in [0.25, 0.3) is 0 Å². The van der Waals surface area contributed by atoms with Crippen molar-refractivity contribution in [3.63, 3.8) is 0 Å². The van der Waals surface area contributed by atoms with Gasteiger partial charge in [-0.25, -0.2) is 4.39 Å². The van der Waals surface area contributed by atoms with E-state index in [1.807, 2.05) is 12.1 Å². The molecule has 1 aromatic carbocycles. The second kappa shape index (κ2) is 5.64. The molecule has 0 amide bonds. The lowest BCUT2D eigenvalue weighted by Gasteiger charge is -2.18. The van der Waals surface area contributed by atoms with Crippen molar-refractivity contribution < 1.29 is 4.39 Å². The number of benzene rings is 1. The average molecular weight is 273 g/mol. The maximum Gasteiger partial charge on any atom is 0.126 e. The molecule has 0 aliphatic carbocycles. The Balaban J connectivity index is 2.81. The molecule has 0 aromatic heterocycles. The minimum atomic E-state index is -0.101. The van der Waals surface area contributed by atoms with Crippen molar-refractivity contribution in [2.75, 3.05) is 0 Å². The molecule has 0 spiro atoms. The van der Waals surface area contributed by atoms with Crippen molar-refractivity contribution in [2.45, 2.75) is 44.4 Å². The second-order valence-electron chi connectivity index (χ2n) is 4.10. The predicted octanol–water partition coefficient (Wildman–Crippen LogP) is 4.80. The zero-order chi connectivity index (χ0) is 11.4. The van der Waals surface area contributed by atoms with Crippen LogP contribution in [0.15, 0.2) is 18.2 Å². The van der Waals surface area contributed by atoms with Crippen LogP contribution < -0.4 is 0 Å². The highest BCUT2D eigenvalue weighted by Crippen LogP contribution is 2.28. The molecule has 0 aliphatic rings. The van der Waals surface area contributed by atoms with E-state index in [-0.39, 0.29) is 5.82 Å². The van der Waals surface area contributed by atoms with Crippen LogP contribution in [-0.2, 0) is 0 Å². The van der Waals surface area contributed by atoms with Gasteiger partial charge in [-0.15, -0.1) is 0 Å². The van der Waals surface area contributed by atoms with E-state index >= 15 is 0 Å². The Morgan fingerprint density at radius 3 is 2.60 bits per heavy atom. The van der Waals surface area contributed by atoms with E-state index in [9.17, 15) is 4.39 Å². The van der Waals surface area contributed by atoms with E-state index in [1.165, 1.54) is 0 Å². The van der Waals surface area contributed by atoms with Crippen LogP contribution in [0.2, 0.25) is 0 Å². The van der Waals surface area contributed by atoms with Gasteiger partial charge in [0.25, 0.3) is 0 Å². The maximum absolute atomic E-state index is 13.4. The van der Waals surface area contributed by atoms with Crippen molar-refractivity contribution in [3.8, 4) is 0 Å². The third-order valence-electron chi connectivity index (χ3n) is 2.83. The van der Waals surface area contributed by atoms with E-state index in [0.29, 0.717) is 16.3 Å². The van der Waals surface area contributed by atoms with Gasteiger partial charge >= 0.3 is 0 Å². The highest BCUT2D eigenvalue weighted by molar-refractivity contribution is 9.09. The summed E-state index contributed by atoms with van der Waals surface area (Å²) in [6, 6.07) is 5.53. The van der Waals surface area contributed by atoms with Crippen LogP contribution in [0.3, 0.4) is 0 Å². The van der Waals surface area contributed by atoms with Gasteiger partial charge in [-0.2, -0.15) is 0 Å². The summed E-state index contributed by atoms with van der Waals surface area (Å²) in [5.41, 5.74) is 1.79. The van der Waals surface area contributed by atoms with Crippen molar-refractivity contribution in [1.82, 2.24) is 0 Å². The molecule has 0 bridgehead atoms. The topological polar surface area (TPSA) is 0 Å². The Labute approximate surface area is 100 Å². The SMILES string of the molecule is CCCC(Br)C(C)c1ccc(C)c(F)c1. The fourth-order valence-corrected chi connectivity index (χ4v) is 2.39. The number of aryl methyl sites for hydroxylation is 1. The standard InChI is InChI=1S/C13H18BrF/c1-4-5-12(14)10(3)11-7-6-9(2)13(15)8-11/h6-8,10,12H,4-5H2,1-3H3. The lowest BCUT2D eigenvalue weighted by molar-refractivity contribution is 0.604. The lowest BCUT2D eigenvalue weighted by atomic mass is 9.94. The Bertz CT molecular complexity index is 322. The number of rotatable bonds is 4. The monoisotopic (exact) mass is 272 g/mol. The fourth-order valence-electron chi connectivity index (χ4n) is 1.63. The Morgan fingerprint density at radius 2 is 2.07 bits per heavy atom. The number of hydrogen-bond donors (Lipinski definition) is 0. The molecule has 0 N–H and O–H groups in total. The molecule has 0 saturated carbocycles. The molecule has 0 saturated heterocycles. The average Bonchev–Trinajstić information content (AvgIpc) is 2.21. The van der Waals surface area contributed by atoms with Crippen LogP contribution in [0.5, 0.6) is 0 Å². The lowest BCUT2D eigenvalue weighted by Crippen LogP contribution is -2.09. The van der Waals surface area contributed by atoms with Gasteiger partial charge in [-0.1, -0.05) is 48.3 Å². The minimum absolute atomic E-state index is 0.101. The zero-order valence-electron chi connectivity index (χ0n) is 9.56. The highest BCUT2D eigenvalue weighted by atomic mass is 79.9. The van der Waals surface area contributed by atoms with Crippen molar-refractivity contribution >= 4 is 15.9 Å². The Hall–Kier alpha value is -0.370. The summed E-state index contributed by atoms with van der Waals surface area (Å²) in [5, 5.41) is 0. The van der Waals surface area contributed by atoms with Gasteiger partial charge in [-0.05, 0) is 36.5 Å². The van der Waals surface area contributed by atoms with E-state index in [0.717, 1.165) is 18.4 Å². The molecule has 0 aliphatic heterocycles. The van der Waals surface area contributed by atoms with Gasteiger partial charge in [-0.3, -0.25) is 0 Å². The van der Waals surface area contributed by atoms with Gasteiger partial charge < -0.3 is 0 Å². The van der Waals surface area contributed by atoms with Crippen LogP contribution in [0.4, 0.5) is 4.39 Å². The molecule has 0 nitrogen and oxygen atoms in total. The molecule has 2 heteroatoms. The molecule has 15 heavy (non-hydrogen) atoms. The molecule has 2 unspecified atom stereocenters. The number of alkyl halides is 1. The van der Waals surface area contributed by atoms with Crippen LogP contribution in [0.1, 0.15) is 43.7 Å². The summed E-state index contributed by atoms with van der Waals surface area (Å²) in [5.74, 6) is 0.260. The molecular formula is C13H18BrF. The maximum atomic E-state index is 13.4. The molecular weight excluding hydrogens is 255 g/mol. The molecule has 1 rings (SSSR count). The van der Waals surface area contributed by atoms with Gasteiger partial charge in [0.05, 0.1) is 0 Å². The highest BCUT2D eigenvalue weighted by Gasteiger charge is 2.15. The molecule has 0 radical (unpaired) electrons. The fraction of sp³-hybridized carbons (Fsp3) is 0.538. The summed E-state index contributed by atoms with van der Waals surface area (Å²) in [6.07, 6.45) is 2.27. The molecule has 84 valence electrons. The quantitative estimate of drug-likeness (QED) is 0.691.